The fourth-order valence-electron chi connectivity index (χ4n) is 2.06. The van der Waals surface area contributed by atoms with Crippen LogP contribution in [0, 0.1) is 0 Å². The Bertz CT molecular complexity index is 460. The van der Waals surface area contributed by atoms with Crippen molar-refractivity contribution in [3.8, 4) is 0 Å². The molecule has 1 rings (SSSR count). The zero-order valence-electron chi connectivity index (χ0n) is 12.1. The lowest BCUT2D eigenvalue weighted by Gasteiger charge is -2.19. The molecule has 1 aromatic carbocycles. The largest absolute Gasteiger partial charge is 0.480 e. The molecule has 0 radical (unpaired) electrons. The van der Waals surface area contributed by atoms with Crippen LogP contribution in [-0.4, -0.2) is 41.5 Å². The molecule has 1 amide bonds. The molecule has 0 unspecified atom stereocenters. The average molecular weight is 278 g/mol. The predicted molar refractivity (Wildman–Crippen MR) is 78.8 cm³/mol. The van der Waals surface area contributed by atoms with Crippen molar-refractivity contribution in [3.05, 3.63) is 29.8 Å². The summed E-state index contributed by atoms with van der Waals surface area (Å²) in [5, 5.41) is 11.7. The molecule has 0 spiro atoms. The minimum absolute atomic E-state index is 0.0954. The number of rotatable bonds is 8. The second-order valence-electron chi connectivity index (χ2n) is 4.66. The normalized spacial score (nSPS) is 10.6. The number of anilines is 1. The lowest BCUT2D eigenvalue weighted by atomic mass is 10.1. The van der Waals surface area contributed by atoms with E-state index in [4.69, 9.17) is 5.11 Å². The van der Waals surface area contributed by atoms with Crippen LogP contribution in [0.25, 0.3) is 0 Å². The Morgan fingerprint density at radius 2 is 1.90 bits per heavy atom. The van der Waals surface area contributed by atoms with Gasteiger partial charge in [-0.2, -0.15) is 0 Å². The molecule has 0 saturated heterocycles. The maximum Gasteiger partial charge on any atom is 0.317 e. The number of carboxylic acid groups (broad SMARTS) is 1. The smallest absolute Gasteiger partial charge is 0.317 e. The van der Waals surface area contributed by atoms with E-state index in [2.05, 4.69) is 5.32 Å². The fourth-order valence-corrected chi connectivity index (χ4v) is 2.06. The molecule has 0 aliphatic rings. The van der Waals surface area contributed by atoms with Crippen LogP contribution in [-0.2, 0) is 16.0 Å². The van der Waals surface area contributed by atoms with Crippen molar-refractivity contribution >= 4 is 17.6 Å². The van der Waals surface area contributed by atoms with Crippen molar-refractivity contribution in [2.45, 2.75) is 26.7 Å². The Morgan fingerprint density at radius 1 is 1.20 bits per heavy atom. The average Bonchev–Trinajstić information content (AvgIpc) is 2.38. The minimum atomic E-state index is -0.916. The highest BCUT2D eigenvalue weighted by atomic mass is 16.4. The third-order valence-electron chi connectivity index (χ3n) is 2.94. The van der Waals surface area contributed by atoms with Crippen molar-refractivity contribution in [2.24, 2.45) is 0 Å². The SMILES string of the molecule is CCCN(CC(=O)O)CC(=O)Nc1ccccc1CC. The fraction of sp³-hybridized carbons (Fsp3) is 0.467. The second kappa shape index (κ2) is 8.32. The topological polar surface area (TPSA) is 69.6 Å². The molecule has 0 fully saturated rings. The number of hydrogen-bond acceptors (Lipinski definition) is 3. The maximum atomic E-state index is 12.0. The van der Waals surface area contributed by atoms with E-state index in [1.165, 1.54) is 0 Å². The summed E-state index contributed by atoms with van der Waals surface area (Å²) >= 11 is 0. The van der Waals surface area contributed by atoms with Gasteiger partial charge in [-0.15, -0.1) is 0 Å². The molecular weight excluding hydrogens is 256 g/mol. The number of hydrogen-bond donors (Lipinski definition) is 2. The van der Waals surface area contributed by atoms with E-state index in [1.807, 2.05) is 38.1 Å². The van der Waals surface area contributed by atoms with E-state index in [9.17, 15) is 9.59 Å². The maximum absolute atomic E-state index is 12.0. The number of carbonyl (C=O) groups is 2. The first kappa shape index (κ1) is 16.2. The quantitative estimate of drug-likeness (QED) is 0.763. The van der Waals surface area contributed by atoms with Crippen LogP contribution in [0.3, 0.4) is 0 Å². The van der Waals surface area contributed by atoms with Crippen molar-refractivity contribution in [1.82, 2.24) is 4.90 Å². The lowest BCUT2D eigenvalue weighted by Crippen LogP contribution is -2.37. The van der Waals surface area contributed by atoms with E-state index >= 15 is 0 Å². The summed E-state index contributed by atoms with van der Waals surface area (Å²) in [5.41, 5.74) is 1.87. The van der Waals surface area contributed by atoms with Gasteiger partial charge in [-0.3, -0.25) is 14.5 Å². The molecule has 110 valence electrons. The molecule has 5 heteroatoms. The number of amides is 1. The standard InChI is InChI=1S/C15H22N2O3/c1-3-9-17(11-15(19)20)10-14(18)16-13-8-6-5-7-12(13)4-2/h5-8H,3-4,9-11H2,1-2H3,(H,16,18)(H,19,20). The summed E-state index contributed by atoms with van der Waals surface area (Å²) < 4.78 is 0. The Morgan fingerprint density at radius 3 is 2.50 bits per heavy atom. The van der Waals surface area contributed by atoms with Gasteiger partial charge in [0, 0.05) is 5.69 Å². The third-order valence-corrected chi connectivity index (χ3v) is 2.94. The van der Waals surface area contributed by atoms with E-state index in [0.717, 1.165) is 24.1 Å². The minimum Gasteiger partial charge on any atom is -0.480 e. The highest BCUT2D eigenvalue weighted by Gasteiger charge is 2.14. The predicted octanol–water partition coefficient (Wildman–Crippen LogP) is 1.98. The van der Waals surface area contributed by atoms with Gasteiger partial charge >= 0.3 is 5.97 Å². The Hall–Kier alpha value is -1.88. The molecule has 1 aromatic rings. The van der Waals surface area contributed by atoms with Crippen molar-refractivity contribution < 1.29 is 14.7 Å². The van der Waals surface area contributed by atoms with Gasteiger partial charge in [0.05, 0.1) is 13.1 Å². The highest BCUT2D eigenvalue weighted by Crippen LogP contribution is 2.15. The summed E-state index contributed by atoms with van der Waals surface area (Å²) in [6.07, 6.45) is 1.65. The van der Waals surface area contributed by atoms with Crippen molar-refractivity contribution in [3.63, 3.8) is 0 Å². The summed E-state index contributed by atoms with van der Waals surface area (Å²) in [6, 6.07) is 7.63. The van der Waals surface area contributed by atoms with Gasteiger partial charge in [-0.05, 0) is 31.0 Å². The van der Waals surface area contributed by atoms with Crippen LogP contribution >= 0.6 is 0 Å². The van der Waals surface area contributed by atoms with Gasteiger partial charge in [0.1, 0.15) is 0 Å². The molecule has 0 aliphatic heterocycles. The van der Waals surface area contributed by atoms with Gasteiger partial charge in [0.15, 0.2) is 0 Å². The van der Waals surface area contributed by atoms with E-state index in [0.29, 0.717) is 6.54 Å². The number of carboxylic acids is 1. The van der Waals surface area contributed by atoms with Gasteiger partial charge in [0.2, 0.25) is 5.91 Å². The summed E-state index contributed by atoms with van der Waals surface area (Å²) in [7, 11) is 0. The lowest BCUT2D eigenvalue weighted by molar-refractivity contribution is -0.138. The molecule has 20 heavy (non-hydrogen) atoms. The molecule has 0 aromatic heterocycles. The molecule has 5 nitrogen and oxygen atoms in total. The summed E-state index contributed by atoms with van der Waals surface area (Å²) in [6.45, 7) is 4.56. The Labute approximate surface area is 119 Å². The van der Waals surface area contributed by atoms with Crippen LogP contribution < -0.4 is 5.32 Å². The Kier molecular flexibility index (Phi) is 6.73. The van der Waals surface area contributed by atoms with Crippen LogP contribution in [0.1, 0.15) is 25.8 Å². The van der Waals surface area contributed by atoms with Crippen LogP contribution in [0.4, 0.5) is 5.69 Å². The zero-order chi connectivity index (χ0) is 15.0. The number of carbonyl (C=O) groups excluding carboxylic acids is 1. The first-order chi connectivity index (χ1) is 9.56. The third kappa shape index (κ3) is 5.40. The van der Waals surface area contributed by atoms with Gasteiger partial charge < -0.3 is 10.4 Å². The highest BCUT2D eigenvalue weighted by molar-refractivity contribution is 5.93. The molecule has 0 heterocycles. The van der Waals surface area contributed by atoms with Crippen molar-refractivity contribution in [1.29, 1.82) is 0 Å². The number of aliphatic carboxylic acids is 1. The van der Waals surface area contributed by atoms with Crippen molar-refractivity contribution in [2.75, 3.05) is 25.0 Å². The zero-order valence-corrected chi connectivity index (χ0v) is 12.1. The number of nitrogens with one attached hydrogen (secondary N) is 1. The number of aryl methyl sites for hydroxylation is 1. The van der Waals surface area contributed by atoms with Gasteiger partial charge in [-0.1, -0.05) is 32.0 Å². The Balaban J connectivity index is 2.62. The van der Waals surface area contributed by atoms with Crippen LogP contribution in [0.5, 0.6) is 0 Å². The van der Waals surface area contributed by atoms with Gasteiger partial charge in [-0.25, -0.2) is 0 Å². The molecule has 2 N–H and O–H groups in total. The summed E-state index contributed by atoms with van der Waals surface area (Å²) in [4.78, 5) is 24.4. The monoisotopic (exact) mass is 278 g/mol. The molecular formula is C15H22N2O3. The van der Waals surface area contributed by atoms with Crippen LogP contribution in [0.2, 0.25) is 0 Å². The molecule has 0 saturated carbocycles. The molecule has 0 atom stereocenters. The van der Waals surface area contributed by atoms with E-state index < -0.39 is 5.97 Å². The molecule has 0 aliphatic carbocycles. The summed E-state index contributed by atoms with van der Waals surface area (Å²) in [5.74, 6) is -1.10. The van der Waals surface area contributed by atoms with Crippen LogP contribution in [0.15, 0.2) is 24.3 Å². The number of nitrogens with zero attached hydrogens (tertiary/aromatic N) is 1. The van der Waals surface area contributed by atoms with E-state index in [-0.39, 0.29) is 19.0 Å². The molecule has 0 bridgehead atoms. The number of para-hydroxylation sites is 1. The van der Waals surface area contributed by atoms with Gasteiger partial charge in [0.25, 0.3) is 0 Å². The first-order valence-electron chi connectivity index (χ1n) is 6.88. The second-order valence-corrected chi connectivity index (χ2v) is 4.66. The first-order valence-corrected chi connectivity index (χ1v) is 6.88. The number of benzene rings is 1. The van der Waals surface area contributed by atoms with E-state index in [1.54, 1.807) is 4.90 Å².